The normalized spacial score (nSPS) is 15.9. The number of nitrogens with zero attached hydrogens (tertiary/aromatic N) is 7. The zero-order chi connectivity index (χ0) is 24.7. The van der Waals surface area contributed by atoms with Gasteiger partial charge < -0.3 is 20.3 Å². The summed E-state index contributed by atoms with van der Waals surface area (Å²) in [5, 5.41) is 15.6. The molecule has 11 heteroatoms. The molecule has 5 heterocycles. The summed E-state index contributed by atoms with van der Waals surface area (Å²) in [6, 6.07) is 11.3. The molecule has 0 aliphatic carbocycles. The minimum absolute atomic E-state index is 0.110. The van der Waals surface area contributed by atoms with E-state index in [0.717, 1.165) is 44.7 Å². The first-order valence-corrected chi connectivity index (χ1v) is 12.0. The van der Waals surface area contributed by atoms with Crippen molar-refractivity contribution >= 4 is 29.0 Å². The Bertz CT molecular complexity index is 1250. The van der Waals surface area contributed by atoms with E-state index in [0.29, 0.717) is 54.3 Å². The Balaban J connectivity index is 1.23. The monoisotopic (exact) mass is 485 g/mol. The molecule has 2 saturated heterocycles. The molecule has 0 aromatic carbocycles. The molecule has 36 heavy (non-hydrogen) atoms. The number of morpholine rings is 1. The summed E-state index contributed by atoms with van der Waals surface area (Å²) in [6.45, 7) is 5.00. The summed E-state index contributed by atoms with van der Waals surface area (Å²) in [7, 11) is 0. The summed E-state index contributed by atoms with van der Waals surface area (Å²) in [5.41, 5.74) is 3.16. The van der Waals surface area contributed by atoms with E-state index in [9.17, 15) is 10.1 Å². The number of hydrogen-bond acceptors (Lipinski definition) is 10. The molecule has 2 aliphatic rings. The second-order valence-corrected chi connectivity index (χ2v) is 8.63. The maximum atomic E-state index is 12.3. The highest BCUT2D eigenvalue weighted by molar-refractivity contribution is 5.91. The molecule has 0 unspecified atom stereocenters. The van der Waals surface area contributed by atoms with Crippen LogP contribution in [0.25, 0.3) is 11.4 Å². The molecule has 2 N–H and O–H groups in total. The fraction of sp³-hybridized carbons (Fsp3) is 0.360. The van der Waals surface area contributed by atoms with Crippen LogP contribution in [0.4, 0.5) is 23.1 Å². The summed E-state index contributed by atoms with van der Waals surface area (Å²) in [6.07, 6.45) is 5.51. The standard InChI is InChI=1S/C25H27N9O2/c26-15-21-22(34-9-1-2-10-34)5-4-19(30-21)20-7-8-27-25(31-20)29-18-3-6-23(28-16-18)32-24(35)17-33-11-13-36-14-12-33/h3-8,16H,1-2,9-14,17H2,(H,27,29,31)(H,28,32,35). The van der Waals surface area contributed by atoms with Gasteiger partial charge in [-0.3, -0.25) is 9.69 Å². The Kier molecular flexibility index (Phi) is 7.25. The molecule has 0 saturated carbocycles. The molecular weight excluding hydrogens is 458 g/mol. The first kappa shape index (κ1) is 23.6. The van der Waals surface area contributed by atoms with E-state index in [1.165, 1.54) is 0 Å². The van der Waals surface area contributed by atoms with Crippen molar-refractivity contribution in [3.63, 3.8) is 0 Å². The molecule has 0 radical (unpaired) electrons. The Morgan fingerprint density at radius 1 is 1.00 bits per heavy atom. The lowest BCUT2D eigenvalue weighted by Crippen LogP contribution is -2.41. The zero-order valence-electron chi connectivity index (χ0n) is 19.9. The summed E-state index contributed by atoms with van der Waals surface area (Å²) < 4.78 is 5.31. The summed E-state index contributed by atoms with van der Waals surface area (Å²) in [4.78, 5) is 34.2. The maximum absolute atomic E-state index is 12.3. The second-order valence-electron chi connectivity index (χ2n) is 8.63. The van der Waals surface area contributed by atoms with Crippen molar-refractivity contribution in [1.29, 1.82) is 5.26 Å². The highest BCUT2D eigenvalue weighted by Crippen LogP contribution is 2.26. The van der Waals surface area contributed by atoms with Crippen LogP contribution in [0.5, 0.6) is 0 Å². The molecule has 3 aromatic rings. The highest BCUT2D eigenvalue weighted by Gasteiger charge is 2.18. The van der Waals surface area contributed by atoms with Crippen LogP contribution < -0.4 is 15.5 Å². The van der Waals surface area contributed by atoms with Crippen molar-refractivity contribution in [2.45, 2.75) is 12.8 Å². The van der Waals surface area contributed by atoms with Crippen LogP contribution in [-0.2, 0) is 9.53 Å². The smallest absolute Gasteiger partial charge is 0.239 e. The van der Waals surface area contributed by atoms with Gasteiger partial charge in [0.1, 0.15) is 11.9 Å². The number of nitriles is 1. The number of nitrogens with one attached hydrogen (secondary N) is 2. The molecule has 184 valence electrons. The van der Waals surface area contributed by atoms with Crippen molar-refractivity contribution in [1.82, 2.24) is 24.8 Å². The third-order valence-corrected chi connectivity index (χ3v) is 6.10. The third-order valence-electron chi connectivity index (χ3n) is 6.10. The fourth-order valence-electron chi connectivity index (χ4n) is 4.27. The number of anilines is 4. The van der Waals surface area contributed by atoms with Gasteiger partial charge in [-0.15, -0.1) is 0 Å². The fourth-order valence-corrected chi connectivity index (χ4v) is 4.27. The van der Waals surface area contributed by atoms with Gasteiger partial charge in [0.05, 0.1) is 48.7 Å². The van der Waals surface area contributed by atoms with Crippen molar-refractivity contribution < 1.29 is 9.53 Å². The van der Waals surface area contributed by atoms with Gasteiger partial charge in [-0.05, 0) is 43.2 Å². The van der Waals surface area contributed by atoms with Crippen LogP contribution in [0.3, 0.4) is 0 Å². The van der Waals surface area contributed by atoms with E-state index in [2.05, 4.69) is 41.5 Å². The molecular formula is C25H27N9O2. The van der Waals surface area contributed by atoms with Crippen LogP contribution in [0, 0.1) is 11.3 Å². The minimum atomic E-state index is -0.110. The van der Waals surface area contributed by atoms with E-state index in [1.807, 2.05) is 17.0 Å². The lowest BCUT2D eigenvalue weighted by molar-refractivity contribution is -0.118. The van der Waals surface area contributed by atoms with Gasteiger partial charge in [-0.2, -0.15) is 5.26 Å². The number of rotatable bonds is 7. The van der Waals surface area contributed by atoms with E-state index in [1.54, 1.807) is 30.6 Å². The predicted molar refractivity (Wildman–Crippen MR) is 135 cm³/mol. The molecule has 0 spiro atoms. The maximum Gasteiger partial charge on any atom is 0.239 e. The van der Waals surface area contributed by atoms with Gasteiger partial charge in [0.2, 0.25) is 11.9 Å². The molecule has 3 aromatic heterocycles. The quantitative estimate of drug-likeness (QED) is 0.514. The Labute approximate surface area is 209 Å². The van der Waals surface area contributed by atoms with Crippen LogP contribution in [0.15, 0.2) is 42.7 Å². The molecule has 2 fully saturated rings. The Hall–Kier alpha value is -4.14. The molecule has 2 aliphatic heterocycles. The topological polar surface area (TPSA) is 132 Å². The number of aromatic nitrogens is 4. The van der Waals surface area contributed by atoms with Crippen LogP contribution in [-0.4, -0.2) is 76.7 Å². The van der Waals surface area contributed by atoms with Gasteiger partial charge >= 0.3 is 0 Å². The average Bonchev–Trinajstić information content (AvgIpc) is 3.45. The van der Waals surface area contributed by atoms with Crippen LogP contribution in [0.1, 0.15) is 18.5 Å². The molecule has 5 rings (SSSR count). The lowest BCUT2D eigenvalue weighted by Gasteiger charge is -2.25. The number of hydrogen-bond donors (Lipinski definition) is 2. The SMILES string of the molecule is N#Cc1nc(-c2ccnc(Nc3ccc(NC(=O)CN4CCOCC4)nc3)n2)ccc1N1CCCC1. The van der Waals surface area contributed by atoms with Crippen molar-refractivity contribution in [3.05, 3.63) is 48.4 Å². The Morgan fingerprint density at radius 3 is 2.56 bits per heavy atom. The number of pyridine rings is 2. The van der Waals surface area contributed by atoms with E-state index in [4.69, 9.17) is 4.74 Å². The van der Waals surface area contributed by atoms with Crippen LogP contribution in [0.2, 0.25) is 0 Å². The summed E-state index contributed by atoms with van der Waals surface area (Å²) >= 11 is 0. The second kappa shape index (κ2) is 11.1. The molecule has 1 amide bonds. The van der Waals surface area contributed by atoms with Gasteiger partial charge in [0, 0.05) is 32.4 Å². The molecule has 0 atom stereocenters. The van der Waals surface area contributed by atoms with E-state index < -0.39 is 0 Å². The van der Waals surface area contributed by atoms with Gasteiger partial charge in [-0.25, -0.2) is 19.9 Å². The predicted octanol–water partition coefficient (Wildman–Crippen LogP) is 2.42. The van der Waals surface area contributed by atoms with Crippen molar-refractivity contribution in [3.8, 4) is 17.5 Å². The van der Waals surface area contributed by atoms with E-state index in [-0.39, 0.29) is 5.91 Å². The third kappa shape index (κ3) is 5.73. The number of amides is 1. The minimum Gasteiger partial charge on any atom is -0.379 e. The van der Waals surface area contributed by atoms with Crippen molar-refractivity contribution in [2.75, 3.05) is 61.5 Å². The summed E-state index contributed by atoms with van der Waals surface area (Å²) in [5.74, 6) is 0.739. The number of carbonyl (C=O) groups is 1. The number of ether oxygens (including phenoxy) is 1. The Morgan fingerprint density at radius 2 is 1.81 bits per heavy atom. The van der Waals surface area contributed by atoms with Gasteiger partial charge in [-0.1, -0.05) is 0 Å². The average molecular weight is 486 g/mol. The van der Waals surface area contributed by atoms with Crippen molar-refractivity contribution in [2.24, 2.45) is 0 Å². The largest absolute Gasteiger partial charge is 0.379 e. The molecule has 0 bridgehead atoms. The molecule has 11 nitrogen and oxygen atoms in total. The highest BCUT2D eigenvalue weighted by atomic mass is 16.5. The zero-order valence-corrected chi connectivity index (χ0v) is 19.9. The van der Waals surface area contributed by atoms with Crippen LogP contribution >= 0.6 is 0 Å². The first-order chi connectivity index (χ1) is 17.7. The van der Waals surface area contributed by atoms with Gasteiger partial charge in [0.25, 0.3) is 0 Å². The number of carbonyl (C=O) groups excluding carboxylic acids is 1. The van der Waals surface area contributed by atoms with Gasteiger partial charge in [0.15, 0.2) is 5.69 Å². The lowest BCUT2D eigenvalue weighted by atomic mass is 10.2. The van der Waals surface area contributed by atoms with E-state index >= 15 is 0 Å². The first-order valence-electron chi connectivity index (χ1n) is 12.0.